The molecule has 0 bridgehead atoms. The maximum atomic E-state index is 5.49. The van der Waals surface area contributed by atoms with Crippen LogP contribution in [0.15, 0.2) is 231 Å². The van der Waals surface area contributed by atoms with E-state index >= 15 is 0 Å². The van der Waals surface area contributed by atoms with E-state index in [2.05, 4.69) is 217 Å². The summed E-state index contributed by atoms with van der Waals surface area (Å²) in [5.74, 6) is 0.687. The number of hydrogen-bond donors (Lipinski definition) is 0. The average molecular weight is 803 g/mol. The lowest BCUT2D eigenvalue weighted by Crippen LogP contribution is -1.97. The van der Waals surface area contributed by atoms with Gasteiger partial charge in [0.25, 0.3) is 0 Å². The maximum absolute atomic E-state index is 5.49. The van der Waals surface area contributed by atoms with E-state index in [1.165, 1.54) is 38.3 Å². The van der Waals surface area contributed by atoms with Crippen molar-refractivity contribution < 1.29 is 0 Å². The van der Waals surface area contributed by atoms with Crippen LogP contribution in [0.1, 0.15) is 0 Å². The third-order valence-corrected chi connectivity index (χ3v) is 12.2. The van der Waals surface area contributed by atoms with E-state index in [0.29, 0.717) is 5.82 Å². The summed E-state index contributed by atoms with van der Waals surface area (Å²) < 4.78 is 2.34. The summed E-state index contributed by atoms with van der Waals surface area (Å²) in [6, 6.07) is 81.4. The van der Waals surface area contributed by atoms with Gasteiger partial charge >= 0.3 is 0 Å². The Morgan fingerprint density at radius 2 is 0.762 bits per heavy atom. The molecule has 0 spiro atoms. The van der Waals surface area contributed by atoms with Crippen molar-refractivity contribution in [3.63, 3.8) is 0 Å². The molecule has 0 aliphatic rings. The molecule has 0 atom stereocenters. The standard InChI is InChI=1S/C59H38N4/c1-4-16-39(17-5-1)46-24-14-26-50-56(46)51-27-15-25-47(58(51)62-57(50)43-18-6-2-7-19-43)40-30-32-41(33-31-40)52-38-53(61-59(60-52)44-20-8-3-9-21-44)42-34-36-45(37-35-42)63-54-28-12-10-22-48(54)49-23-11-13-29-55(49)63/h1-38H. The number of hydrogen-bond acceptors (Lipinski definition) is 3. The first-order chi connectivity index (χ1) is 31.2. The van der Waals surface area contributed by atoms with Crippen LogP contribution in [0, 0.1) is 0 Å². The molecule has 3 aromatic heterocycles. The van der Waals surface area contributed by atoms with E-state index in [0.717, 1.165) is 72.4 Å². The second kappa shape index (κ2) is 15.2. The molecular formula is C59H38N4. The summed E-state index contributed by atoms with van der Waals surface area (Å²) in [5, 5.41) is 5.96. The van der Waals surface area contributed by atoms with Gasteiger partial charge in [0.15, 0.2) is 5.82 Å². The quantitative estimate of drug-likeness (QED) is 0.151. The first-order valence-electron chi connectivity index (χ1n) is 21.4. The molecule has 0 amide bonds. The van der Waals surface area contributed by atoms with Gasteiger partial charge in [0.05, 0.1) is 33.6 Å². The van der Waals surface area contributed by atoms with Crippen LogP contribution in [-0.4, -0.2) is 19.5 Å². The van der Waals surface area contributed by atoms with Gasteiger partial charge in [-0.05, 0) is 47.0 Å². The Morgan fingerprint density at radius 3 is 1.38 bits per heavy atom. The molecule has 12 rings (SSSR count). The molecule has 0 radical (unpaired) electrons. The highest BCUT2D eigenvalue weighted by Crippen LogP contribution is 2.42. The zero-order valence-electron chi connectivity index (χ0n) is 34.2. The predicted molar refractivity (Wildman–Crippen MR) is 262 cm³/mol. The topological polar surface area (TPSA) is 43.6 Å². The Kier molecular flexibility index (Phi) is 8.79. The van der Waals surface area contributed by atoms with Crippen molar-refractivity contribution in [2.24, 2.45) is 0 Å². The molecule has 12 aromatic rings. The Labute approximate surface area is 365 Å². The number of aromatic nitrogens is 4. The molecule has 63 heavy (non-hydrogen) atoms. The van der Waals surface area contributed by atoms with E-state index in [9.17, 15) is 0 Å². The number of pyridine rings is 1. The zero-order chi connectivity index (χ0) is 41.7. The Hall–Kier alpha value is -8.47. The van der Waals surface area contributed by atoms with Crippen molar-refractivity contribution in [2.75, 3.05) is 0 Å². The Morgan fingerprint density at radius 1 is 0.302 bits per heavy atom. The van der Waals surface area contributed by atoms with Crippen molar-refractivity contribution >= 4 is 43.5 Å². The van der Waals surface area contributed by atoms with Crippen molar-refractivity contribution in [1.82, 2.24) is 19.5 Å². The van der Waals surface area contributed by atoms with Gasteiger partial charge < -0.3 is 4.57 Å². The fraction of sp³-hybridized carbons (Fsp3) is 0. The van der Waals surface area contributed by atoms with Crippen molar-refractivity contribution in [1.29, 1.82) is 0 Å². The minimum Gasteiger partial charge on any atom is -0.309 e. The summed E-state index contributed by atoms with van der Waals surface area (Å²) >= 11 is 0. The normalized spacial score (nSPS) is 11.5. The fourth-order valence-corrected chi connectivity index (χ4v) is 9.25. The maximum Gasteiger partial charge on any atom is 0.160 e. The van der Waals surface area contributed by atoms with Gasteiger partial charge in [-0.2, -0.15) is 0 Å². The third kappa shape index (κ3) is 6.36. The highest BCUT2D eigenvalue weighted by molar-refractivity contribution is 6.19. The van der Waals surface area contributed by atoms with Crippen LogP contribution in [0.5, 0.6) is 0 Å². The molecule has 0 saturated carbocycles. The summed E-state index contributed by atoms with van der Waals surface area (Å²) in [6.45, 7) is 0. The molecular weight excluding hydrogens is 765 g/mol. The Bertz CT molecular complexity index is 3580. The molecule has 0 saturated heterocycles. The lowest BCUT2D eigenvalue weighted by Gasteiger charge is -2.16. The number of fused-ring (bicyclic) bond motifs is 6. The van der Waals surface area contributed by atoms with E-state index in [1.54, 1.807) is 0 Å². The summed E-state index contributed by atoms with van der Waals surface area (Å²) in [5.41, 5.74) is 15.8. The fourth-order valence-electron chi connectivity index (χ4n) is 9.25. The molecule has 0 unspecified atom stereocenters. The van der Waals surface area contributed by atoms with E-state index < -0.39 is 0 Å². The van der Waals surface area contributed by atoms with Crippen LogP contribution in [0.4, 0.5) is 0 Å². The summed E-state index contributed by atoms with van der Waals surface area (Å²) in [6.07, 6.45) is 0. The third-order valence-electron chi connectivity index (χ3n) is 12.2. The number of nitrogens with zero attached hydrogens (tertiary/aromatic N) is 4. The van der Waals surface area contributed by atoms with Gasteiger partial charge in [0, 0.05) is 60.4 Å². The lowest BCUT2D eigenvalue weighted by atomic mass is 9.91. The van der Waals surface area contributed by atoms with Gasteiger partial charge in [-0.15, -0.1) is 0 Å². The molecule has 0 N–H and O–H groups in total. The zero-order valence-corrected chi connectivity index (χ0v) is 34.2. The molecule has 3 heterocycles. The van der Waals surface area contributed by atoms with Crippen molar-refractivity contribution in [2.45, 2.75) is 0 Å². The number of rotatable bonds is 7. The van der Waals surface area contributed by atoms with Gasteiger partial charge in [-0.1, -0.05) is 200 Å². The molecule has 4 nitrogen and oxygen atoms in total. The van der Waals surface area contributed by atoms with Gasteiger partial charge in [0.1, 0.15) is 0 Å². The minimum absolute atomic E-state index is 0.687. The monoisotopic (exact) mass is 802 g/mol. The SMILES string of the molecule is c1ccc(-c2nc(-c3ccc(-c4cccc5c4nc(-c4ccccc4)c4cccc(-c6ccccc6)c45)cc3)cc(-c3ccc(-n4c5ccccc5c5ccccc54)cc3)n2)cc1. The van der Waals surface area contributed by atoms with Crippen LogP contribution in [0.25, 0.3) is 117 Å². The van der Waals surface area contributed by atoms with E-state index in [1.807, 2.05) is 18.2 Å². The second-order valence-electron chi connectivity index (χ2n) is 15.9. The van der Waals surface area contributed by atoms with Crippen LogP contribution in [-0.2, 0) is 0 Å². The van der Waals surface area contributed by atoms with Crippen molar-refractivity contribution in [3.8, 4) is 73.1 Å². The molecule has 294 valence electrons. The number of benzene rings is 9. The summed E-state index contributed by atoms with van der Waals surface area (Å²) in [7, 11) is 0. The second-order valence-corrected chi connectivity index (χ2v) is 15.9. The predicted octanol–water partition coefficient (Wildman–Crippen LogP) is 15.3. The van der Waals surface area contributed by atoms with Crippen LogP contribution >= 0.6 is 0 Å². The number of para-hydroxylation sites is 3. The molecule has 4 heteroatoms. The molecule has 0 aliphatic carbocycles. The van der Waals surface area contributed by atoms with Crippen LogP contribution < -0.4 is 0 Å². The minimum atomic E-state index is 0.687. The first-order valence-corrected chi connectivity index (χ1v) is 21.4. The lowest BCUT2D eigenvalue weighted by molar-refractivity contribution is 1.17. The summed E-state index contributed by atoms with van der Waals surface area (Å²) in [4.78, 5) is 15.8. The largest absolute Gasteiger partial charge is 0.309 e. The molecule has 0 aliphatic heterocycles. The van der Waals surface area contributed by atoms with Gasteiger partial charge in [-0.25, -0.2) is 15.0 Å². The van der Waals surface area contributed by atoms with Gasteiger partial charge in [0.2, 0.25) is 0 Å². The van der Waals surface area contributed by atoms with Crippen LogP contribution in [0.3, 0.4) is 0 Å². The average Bonchev–Trinajstić information content (AvgIpc) is 3.71. The first kappa shape index (κ1) is 36.4. The Balaban J connectivity index is 0.968. The van der Waals surface area contributed by atoms with Gasteiger partial charge in [-0.3, -0.25) is 0 Å². The molecule has 9 aromatic carbocycles. The smallest absolute Gasteiger partial charge is 0.160 e. The molecule has 0 fully saturated rings. The highest BCUT2D eigenvalue weighted by Gasteiger charge is 2.18. The highest BCUT2D eigenvalue weighted by atomic mass is 15.0. The van der Waals surface area contributed by atoms with E-state index in [4.69, 9.17) is 15.0 Å². The van der Waals surface area contributed by atoms with Crippen LogP contribution in [0.2, 0.25) is 0 Å². The van der Waals surface area contributed by atoms with Crippen molar-refractivity contribution in [3.05, 3.63) is 231 Å². The van der Waals surface area contributed by atoms with E-state index in [-0.39, 0.29) is 0 Å².